The molecule has 0 heterocycles. The molecule has 2 amide bonds. The van der Waals surface area contributed by atoms with Crippen LogP contribution in [-0.4, -0.2) is 18.9 Å². The highest BCUT2D eigenvalue weighted by Gasteiger charge is 2.03. The Bertz CT molecular complexity index is 576. The van der Waals surface area contributed by atoms with Gasteiger partial charge in [-0.15, -0.1) is 0 Å². The number of carbonyl (C=O) groups excluding carboxylic acids is 2. The van der Waals surface area contributed by atoms with Crippen molar-refractivity contribution in [1.82, 2.24) is 10.6 Å². The van der Waals surface area contributed by atoms with Gasteiger partial charge in [-0.3, -0.25) is 9.59 Å². The van der Waals surface area contributed by atoms with Crippen LogP contribution in [0.25, 0.3) is 10.8 Å². The van der Waals surface area contributed by atoms with E-state index in [1.807, 2.05) is 30.3 Å². The lowest BCUT2D eigenvalue weighted by molar-refractivity contribution is -0.121. The van der Waals surface area contributed by atoms with E-state index in [4.69, 9.17) is 0 Å². The van der Waals surface area contributed by atoms with Crippen LogP contribution in [0.5, 0.6) is 0 Å². The summed E-state index contributed by atoms with van der Waals surface area (Å²) in [6, 6.07) is 14.1. The lowest BCUT2D eigenvalue weighted by Gasteiger charge is -2.08. The number of hydrogen-bond donors (Lipinski definition) is 2. The van der Waals surface area contributed by atoms with Crippen molar-refractivity contribution in [2.24, 2.45) is 0 Å². The molecule has 0 saturated heterocycles. The summed E-state index contributed by atoms with van der Waals surface area (Å²) in [4.78, 5) is 21.6. The fourth-order valence-corrected chi connectivity index (χ4v) is 1.97. The van der Waals surface area contributed by atoms with Gasteiger partial charge in [-0.25, -0.2) is 0 Å². The minimum atomic E-state index is -0.0673. The fourth-order valence-electron chi connectivity index (χ4n) is 1.97. The van der Waals surface area contributed by atoms with Crippen molar-refractivity contribution in [2.75, 3.05) is 6.54 Å². The smallest absolute Gasteiger partial charge is 0.222 e. The molecule has 0 bridgehead atoms. The quantitative estimate of drug-likeness (QED) is 0.609. The van der Waals surface area contributed by atoms with Gasteiger partial charge >= 0.3 is 0 Å². The second-order valence-electron chi connectivity index (χ2n) is 4.24. The monoisotopic (exact) mass is 256 g/mol. The van der Waals surface area contributed by atoms with Gasteiger partial charge in [0.2, 0.25) is 12.3 Å². The molecule has 0 aliphatic rings. The zero-order valence-corrected chi connectivity index (χ0v) is 10.6. The van der Waals surface area contributed by atoms with Crippen molar-refractivity contribution < 1.29 is 9.59 Å². The molecule has 0 spiro atoms. The van der Waals surface area contributed by atoms with Crippen molar-refractivity contribution in [2.45, 2.75) is 13.0 Å². The van der Waals surface area contributed by atoms with Crippen LogP contribution in [-0.2, 0) is 16.1 Å². The van der Waals surface area contributed by atoms with Crippen molar-refractivity contribution in [1.29, 1.82) is 0 Å². The summed E-state index contributed by atoms with van der Waals surface area (Å²) in [5, 5.41) is 7.63. The molecule has 2 aromatic carbocycles. The van der Waals surface area contributed by atoms with E-state index in [9.17, 15) is 9.59 Å². The summed E-state index contributed by atoms with van der Waals surface area (Å²) in [5.74, 6) is -0.0673. The van der Waals surface area contributed by atoms with E-state index < -0.39 is 0 Å². The van der Waals surface area contributed by atoms with Gasteiger partial charge in [0, 0.05) is 19.5 Å². The van der Waals surface area contributed by atoms with E-state index in [-0.39, 0.29) is 5.91 Å². The number of amides is 2. The highest BCUT2D eigenvalue weighted by atomic mass is 16.1. The summed E-state index contributed by atoms with van der Waals surface area (Å²) in [5.41, 5.74) is 1.09. The second kappa shape index (κ2) is 6.54. The number of rotatable bonds is 6. The first-order valence-corrected chi connectivity index (χ1v) is 6.21. The maximum absolute atomic E-state index is 11.6. The molecular weight excluding hydrogens is 240 g/mol. The van der Waals surface area contributed by atoms with E-state index in [2.05, 4.69) is 22.8 Å². The summed E-state index contributed by atoms with van der Waals surface area (Å²) < 4.78 is 0. The normalized spacial score (nSPS) is 10.1. The molecule has 0 aromatic heterocycles. The van der Waals surface area contributed by atoms with Gasteiger partial charge in [0.1, 0.15) is 0 Å². The van der Waals surface area contributed by atoms with E-state index in [0.717, 1.165) is 16.3 Å². The number of nitrogens with one attached hydrogen (secondary N) is 2. The van der Waals surface area contributed by atoms with Crippen molar-refractivity contribution in [3.8, 4) is 0 Å². The summed E-state index contributed by atoms with van der Waals surface area (Å²) in [6.07, 6.45) is 0.890. The zero-order chi connectivity index (χ0) is 13.5. The summed E-state index contributed by atoms with van der Waals surface area (Å²) in [7, 11) is 0. The largest absolute Gasteiger partial charge is 0.358 e. The molecule has 19 heavy (non-hydrogen) atoms. The Hall–Kier alpha value is -2.36. The van der Waals surface area contributed by atoms with Gasteiger partial charge in [-0.1, -0.05) is 42.5 Å². The lowest BCUT2D eigenvalue weighted by atomic mass is 10.0. The third-order valence-corrected chi connectivity index (χ3v) is 2.94. The molecule has 4 nitrogen and oxygen atoms in total. The Kier molecular flexibility index (Phi) is 4.50. The maximum atomic E-state index is 11.6. The number of hydrogen-bond acceptors (Lipinski definition) is 2. The molecule has 98 valence electrons. The fraction of sp³-hybridized carbons (Fsp3) is 0.200. The molecule has 2 rings (SSSR count). The highest BCUT2D eigenvalue weighted by Crippen LogP contribution is 2.18. The van der Waals surface area contributed by atoms with Gasteiger partial charge in [0.15, 0.2) is 0 Å². The lowest BCUT2D eigenvalue weighted by Crippen LogP contribution is -2.26. The Morgan fingerprint density at radius 1 is 1.11 bits per heavy atom. The molecule has 0 fully saturated rings. The molecular formula is C15H16N2O2. The minimum Gasteiger partial charge on any atom is -0.358 e. The molecule has 2 aromatic rings. The third kappa shape index (κ3) is 3.55. The Morgan fingerprint density at radius 3 is 2.74 bits per heavy atom. The van der Waals surface area contributed by atoms with Crippen LogP contribution in [0, 0.1) is 0 Å². The van der Waals surface area contributed by atoms with Crippen LogP contribution in [0.15, 0.2) is 42.5 Å². The predicted molar refractivity (Wildman–Crippen MR) is 74.5 cm³/mol. The summed E-state index contributed by atoms with van der Waals surface area (Å²) in [6.45, 7) is 0.867. The Morgan fingerprint density at radius 2 is 1.89 bits per heavy atom. The molecule has 2 N–H and O–H groups in total. The average molecular weight is 256 g/mol. The van der Waals surface area contributed by atoms with Gasteiger partial charge in [-0.2, -0.15) is 0 Å². The Balaban J connectivity index is 1.98. The molecule has 0 unspecified atom stereocenters. The molecule has 4 heteroatoms. The van der Waals surface area contributed by atoms with Crippen molar-refractivity contribution >= 4 is 23.1 Å². The van der Waals surface area contributed by atoms with Crippen LogP contribution in [0.3, 0.4) is 0 Å². The number of benzene rings is 2. The molecule has 0 radical (unpaired) electrons. The van der Waals surface area contributed by atoms with Crippen LogP contribution < -0.4 is 10.6 Å². The van der Waals surface area contributed by atoms with Crippen LogP contribution in [0.4, 0.5) is 0 Å². The van der Waals surface area contributed by atoms with Crippen molar-refractivity contribution in [3.05, 3.63) is 48.0 Å². The van der Waals surface area contributed by atoms with Crippen LogP contribution in [0.2, 0.25) is 0 Å². The Labute approximate surface area is 111 Å². The third-order valence-electron chi connectivity index (χ3n) is 2.94. The van der Waals surface area contributed by atoms with Gasteiger partial charge in [-0.05, 0) is 16.3 Å². The standard InChI is InChI=1S/C15H16N2O2/c18-11-16-9-8-15(19)17-10-13-6-3-5-12-4-1-2-7-14(12)13/h1-7,11H,8-10H2,(H,16,18)(H,17,19). The predicted octanol–water partition coefficient (Wildman–Crippen LogP) is 1.59. The number of carbonyl (C=O) groups is 2. The molecule has 0 aliphatic heterocycles. The van der Waals surface area contributed by atoms with E-state index in [1.165, 1.54) is 0 Å². The van der Waals surface area contributed by atoms with Gasteiger partial charge in [0.05, 0.1) is 0 Å². The van der Waals surface area contributed by atoms with E-state index in [1.54, 1.807) is 0 Å². The first-order valence-electron chi connectivity index (χ1n) is 6.21. The first-order chi connectivity index (χ1) is 9.31. The molecule has 0 saturated carbocycles. The van der Waals surface area contributed by atoms with Gasteiger partial charge in [0.25, 0.3) is 0 Å². The maximum Gasteiger partial charge on any atom is 0.222 e. The van der Waals surface area contributed by atoms with Gasteiger partial charge < -0.3 is 10.6 Å². The average Bonchev–Trinajstić information content (AvgIpc) is 2.45. The van der Waals surface area contributed by atoms with Crippen LogP contribution >= 0.6 is 0 Å². The molecule has 0 aliphatic carbocycles. The van der Waals surface area contributed by atoms with E-state index >= 15 is 0 Å². The number of fused-ring (bicyclic) bond motifs is 1. The topological polar surface area (TPSA) is 58.2 Å². The highest BCUT2D eigenvalue weighted by molar-refractivity contribution is 5.86. The molecule has 0 atom stereocenters. The van der Waals surface area contributed by atoms with Crippen molar-refractivity contribution in [3.63, 3.8) is 0 Å². The van der Waals surface area contributed by atoms with Crippen LogP contribution in [0.1, 0.15) is 12.0 Å². The van der Waals surface area contributed by atoms with E-state index in [0.29, 0.717) is 25.9 Å². The SMILES string of the molecule is O=CNCCC(=O)NCc1cccc2ccccc12. The zero-order valence-electron chi connectivity index (χ0n) is 10.6. The minimum absolute atomic E-state index is 0.0673. The first kappa shape index (κ1) is 13.1. The summed E-state index contributed by atoms with van der Waals surface area (Å²) >= 11 is 0. The second-order valence-corrected chi connectivity index (χ2v) is 4.24.